The number of nitrogen functional groups attached to an aromatic ring is 1. The van der Waals surface area contributed by atoms with Crippen LogP contribution in [0.3, 0.4) is 0 Å². The van der Waals surface area contributed by atoms with Crippen molar-refractivity contribution in [2.75, 3.05) is 36.6 Å². The molecule has 0 bridgehead atoms. The number of hydrogen-bond donors (Lipinski definition) is 3. The number of alkyl halides is 3. The summed E-state index contributed by atoms with van der Waals surface area (Å²) < 4.78 is 60.5. The molecule has 1 aliphatic heterocycles. The Morgan fingerprint density at radius 3 is 2.50 bits per heavy atom. The van der Waals surface area contributed by atoms with Gasteiger partial charge in [-0.05, 0) is 61.8 Å². The maximum atomic E-state index is 14.0. The molecule has 2 aromatic heterocycles. The summed E-state index contributed by atoms with van der Waals surface area (Å²) in [5.41, 5.74) is 9.20. The first-order valence-corrected chi connectivity index (χ1v) is 12.5. The lowest BCUT2D eigenvalue weighted by atomic mass is 10.0. The van der Waals surface area contributed by atoms with Crippen LogP contribution < -0.4 is 16.4 Å². The smallest absolute Gasteiger partial charge is 0.380 e. The molecule has 0 aliphatic carbocycles. The summed E-state index contributed by atoms with van der Waals surface area (Å²) >= 11 is 0. The number of rotatable bonds is 7. The summed E-state index contributed by atoms with van der Waals surface area (Å²) in [6, 6.07) is 7.71. The highest BCUT2D eigenvalue weighted by Gasteiger charge is 2.31. The molecule has 9 nitrogen and oxygen atoms in total. The fourth-order valence-electron chi connectivity index (χ4n) is 4.99. The van der Waals surface area contributed by atoms with Crippen LogP contribution in [0.2, 0.25) is 0 Å². The number of nitrogens with zero attached hydrogens (tertiary/aromatic N) is 4. The fourth-order valence-corrected chi connectivity index (χ4v) is 4.99. The Bertz CT molecular complexity index is 1530. The Balaban J connectivity index is 1.42. The first-order valence-electron chi connectivity index (χ1n) is 12.5. The number of carbonyl (C=O) groups is 1. The Hall–Kier alpha value is -4.23. The van der Waals surface area contributed by atoms with Gasteiger partial charge in [-0.25, -0.2) is 9.18 Å². The van der Waals surface area contributed by atoms with E-state index in [1.165, 1.54) is 0 Å². The molecule has 13 heteroatoms. The third kappa shape index (κ3) is 5.56. The highest BCUT2D eigenvalue weighted by Crippen LogP contribution is 2.37. The number of benzene rings is 2. The lowest BCUT2D eigenvalue weighted by Crippen LogP contribution is -2.20. The van der Waals surface area contributed by atoms with Gasteiger partial charge in [0.1, 0.15) is 12.1 Å². The minimum atomic E-state index is -4.68. The van der Waals surface area contributed by atoms with Crippen LogP contribution in [0, 0.1) is 5.82 Å². The number of anilines is 3. The molecular formula is C27H27F4N7O2. The number of halogens is 4. The van der Waals surface area contributed by atoms with Crippen molar-refractivity contribution < 1.29 is 27.1 Å². The lowest BCUT2D eigenvalue weighted by Gasteiger charge is -2.16. The number of likely N-dealkylation sites (tertiary alicyclic amines) is 1. The van der Waals surface area contributed by atoms with Crippen molar-refractivity contribution in [3.05, 3.63) is 71.4 Å². The van der Waals surface area contributed by atoms with Crippen molar-refractivity contribution in [2.24, 2.45) is 0 Å². The van der Waals surface area contributed by atoms with E-state index in [-0.39, 0.29) is 5.82 Å². The summed E-state index contributed by atoms with van der Waals surface area (Å²) in [5, 5.41) is 12.7. The molecule has 1 fully saturated rings. The largest absolute Gasteiger partial charge is 0.416 e. The number of ether oxygens (including phenoxy) is 1. The van der Waals surface area contributed by atoms with Gasteiger partial charge in [-0.2, -0.15) is 13.2 Å². The van der Waals surface area contributed by atoms with Crippen LogP contribution in [0.15, 0.2) is 48.8 Å². The van der Waals surface area contributed by atoms with Gasteiger partial charge in [0.2, 0.25) is 0 Å². The van der Waals surface area contributed by atoms with Crippen LogP contribution in [-0.4, -0.2) is 45.7 Å². The van der Waals surface area contributed by atoms with Gasteiger partial charge in [-0.1, -0.05) is 12.1 Å². The maximum Gasteiger partial charge on any atom is 0.416 e. The molecule has 210 valence electrons. The van der Waals surface area contributed by atoms with Crippen molar-refractivity contribution >= 4 is 28.7 Å². The molecule has 4 N–H and O–H groups in total. The SMILES string of the molecule is COCc1c(-c2ccc(NC(=O)Nc3cc(C(F)(F)F)ccc3F)cc2)c2c(N)nncn2c1CN1CCCC1. The third-order valence-electron chi connectivity index (χ3n) is 6.83. The highest BCUT2D eigenvalue weighted by atomic mass is 19.4. The minimum Gasteiger partial charge on any atom is -0.380 e. The summed E-state index contributed by atoms with van der Waals surface area (Å²) in [6.45, 7) is 3.01. The lowest BCUT2D eigenvalue weighted by molar-refractivity contribution is -0.137. The normalized spacial score (nSPS) is 14.1. The quantitative estimate of drug-likeness (QED) is 0.258. The van der Waals surface area contributed by atoms with Crippen LogP contribution >= 0.6 is 0 Å². The number of urea groups is 1. The first kappa shape index (κ1) is 27.3. The second kappa shape index (κ2) is 11.1. The number of fused-ring (bicyclic) bond motifs is 1. The van der Waals surface area contributed by atoms with Gasteiger partial charge in [0.25, 0.3) is 0 Å². The van der Waals surface area contributed by atoms with Crippen LogP contribution in [0.25, 0.3) is 16.6 Å². The number of methoxy groups -OCH3 is 1. The fraction of sp³-hybridized carbons (Fsp3) is 0.296. The molecule has 2 amide bonds. The van der Waals surface area contributed by atoms with Crippen LogP contribution in [0.1, 0.15) is 29.7 Å². The van der Waals surface area contributed by atoms with Gasteiger partial charge in [0, 0.05) is 36.2 Å². The average Bonchev–Trinajstić information content (AvgIpc) is 3.53. The predicted molar refractivity (Wildman–Crippen MR) is 142 cm³/mol. The summed E-state index contributed by atoms with van der Waals surface area (Å²) in [6.07, 6.45) is -0.766. The summed E-state index contributed by atoms with van der Waals surface area (Å²) in [4.78, 5) is 14.8. The highest BCUT2D eigenvalue weighted by molar-refractivity contribution is 6.00. The molecule has 5 rings (SSSR count). The topological polar surface area (TPSA) is 110 Å². The molecule has 4 aromatic rings. The van der Waals surface area contributed by atoms with E-state index >= 15 is 0 Å². The first-order chi connectivity index (χ1) is 19.2. The van der Waals surface area contributed by atoms with E-state index in [1.54, 1.807) is 37.7 Å². The van der Waals surface area contributed by atoms with Crippen molar-refractivity contribution in [3.63, 3.8) is 0 Å². The molecule has 0 radical (unpaired) electrons. The standard InChI is InChI=1S/C27H27F4N7O2/c1-40-14-19-22(13-37-10-2-3-11-37)38-15-33-36-25(32)24(38)23(19)16-4-7-18(8-5-16)34-26(39)35-21-12-17(27(29,30)31)6-9-20(21)28/h4-9,12,15H,2-3,10-11,13-14H2,1H3,(H2,32,36)(H2,34,35,39). The minimum absolute atomic E-state index is 0.257. The Kier molecular flexibility index (Phi) is 7.59. The van der Waals surface area contributed by atoms with E-state index in [1.807, 2.05) is 4.40 Å². The molecule has 2 aromatic carbocycles. The van der Waals surface area contributed by atoms with Gasteiger partial charge in [-0.15, -0.1) is 10.2 Å². The molecule has 0 saturated carbocycles. The maximum absolute atomic E-state index is 14.0. The second-order valence-corrected chi connectivity index (χ2v) is 9.50. The molecule has 0 spiro atoms. The van der Waals surface area contributed by atoms with Crippen molar-refractivity contribution in [1.29, 1.82) is 0 Å². The predicted octanol–water partition coefficient (Wildman–Crippen LogP) is 5.52. The van der Waals surface area contributed by atoms with Crippen molar-refractivity contribution in [3.8, 4) is 11.1 Å². The van der Waals surface area contributed by atoms with E-state index in [4.69, 9.17) is 10.5 Å². The third-order valence-corrected chi connectivity index (χ3v) is 6.83. The molecular weight excluding hydrogens is 530 g/mol. The number of hydrogen-bond acceptors (Lipinski definition) is 6. The molecule has 1 saturated heterocycles. The Labute approximate surface area is 226 Å². The number of nitrogens with one attached hydrogen (secondary N) is 2. The van der Waals surface area contributed by atoms with Crippen LogP contribution in [-0.2, 0) is 24.1 Å². The zero-order valence-corrected chi connectivity index (χ0v) is 21.6. The van der Waals surface area contributed by atoms with Gasteiger partial charge >= 0.3 is 12.2 Å². The van der Waals surface area contributed by atoms with E-state index in [0.717, 1.165) is 48.3 Å². The number of amides is 2. The van der Waals surface area contributed by atoms with Gasteiger partial charge in [-0.3, -0.25) is 9.30 Å². The molecule has 0 atom stereocenters. The van der Waals surface area contributed by atoms with Gasteiger partial charge in [0.05, 0.1) is 23.4 Å². The Morgan fingerprint density at radius 1 is 1.10 bits per heavy atom. The van der Waals surface area contributed by atoms with Crippen LogP contribution in [0.4, 0.5) is 39.5 Å². The Morgan fingerprint density at radius 2 is 1.82 bits per heavy atom. The monoisotopic (exact) mass is 557 g/mol. The number of aromatic nitrogens is 3. The number of nitrogens with two attached hydrogens (primary N) is 1. The van der Waals surface area contributed by atoms with E-state index in [0.29, 0.717) is 42.6 Å². The van der Waals surface area contributed by atoms with Gasteiger partial charge < -0.3 is 21.1 Å². The molecule has 3 heterocycles. The molecule has 40 heavy (non-hydrogen) atoms. The number of carbonyl (C=O) groups excluding carboxylic acids is 1. The van der Waals surface area contributed by atoms with E-state index in [2.05, 4.69) is 25.7 Å². The van der Waals surface area contributed by atoms with E-state index in [9.17, 15) is 22.4 Å². The average molecular weight is 558 g/mol. The van der Waals surface area contributed by atoms with Gasteiger partial charge in [0.15, 0.2) is 5.82 Å². The van der Waals surface area contributed by atoms with Crippen molar-refractivity contribution in [2.45, 2.75) is 32.2 Å². The molecule has 0 unspecified atom stereocenters. The zero-order valence-electron chi connectivity index (χ0n) is 21.6. The molecule has 1 aliphatic rings. The summed E-state index contributed by atoms with van der Waals surface area (Å²) in [7, 11) is 1.62. The zero-order chi connectivity index (χ0) is 28.4. The van der Waals surface area contributed by atoms with Crippen molar-refractivity contribution in [1.82, 2.24) is 19.5 Å². The van der Waals surface area contributed by atoms with E-state index < -0.39 is 29.3 Å². The second-order valence-electron chi connectivity index (χ2n) is 9.50. The summed E-state index contributed by atoms with van der Waals surface area (Å²) in [5.74, 6) is -0.734. The van der Waals surface area contributed by atoms with Crippen LogP contribution in [0.5, 0.6) is 0 Å².